The number of aromatic nitrogens is 2. The highest BCUT2D eigenvalue weighted by molar-refractivity contribution is 6.31. The zero-order valence-electron chi connectivity index (χ0n) is 10.9. The highest BCUT2D eigenvalue weighted by Gasteiger charge is 2.15. The molecule has 1 aromatic heterocycles. The third-order valence-electron chi connectivity index (χ3n) is 2.59. The predicted molar refractivity (Wildman–Crippen MR) is 70.9 cm³/mol. The Hall–Kier alpha value is -2.28. The van der Waals surface area contributed by atoms with Gasteiger partial charge in [-0.3, -0.25) is 9.32 Å². The van der Waals surface area contributed by atoms with Gasteiger partial charge in [0.2, 0.25) is 0 Å². The first kappa shape index (κ1) is 14.1. The maximum absolute atomic E-state index is 11.9. The van der Waals surface area contributed by atoms with Gasteiger partial charge in [0.05, 0.1) is 12.8 Å². The van der Waals surface area contributed by atoms with Crippen LogP contribution in [-0.2, 0) is 11.3 Å². The predicted octanol–water partition coefficient (Wildman–Crippen LogP) is 0.865. The average Bonchev–Trinajstić information content (AvgIpc) is 2.78. The number of H-pyrrole nitrogens is 1. The second-order valence-corrected chi connectivity index (χ2v) is 4.53. The largest absolute Gasteiger partial charge is 0.495 e. The molecule has 8 heteroatoms. The molecule has 1 aromatic carbocycles. The van der Waals surface area contributed by atoms with Crippen LogP contribution in [0.4, 0.5) is 5.69 Å². The molecule has 2 N–H and O–H groups in total. The summed E-state index contributed by atoms with van der Waals surface area (Å²) in [5.41, 5.74) is 0.760. The number of halogens is 1. The molecule has 0 saturated carbocycles. The molecule has 0 aliphatic rings. The van der Waals surface area contributed by atoms with Crippen LogP contribution in [0.15, 0.2) is 27.6 Å². The highest BCUT2D eigenvalue weighted by Crippen LogP contribution is 2.30. The zero-order valence-corrected chi connectivity index (χ0v) is 11.7. The third-order valence-corrected chi connectivity index (χ3v) is 3.00. The monoisotopic (exact) mass is 298 g/mol. The summed E-state index contributed by atoms with van der Waals surface area (Å²) >= 11 is 5.98. The fourth-order valence-electron chi connectivity index (χ4n) is 1.64. The quantitative estimate of drug-likeness (QED) is 0.820. The van der Waals surface area contributed by atoms with Crippen LogP contribution in [0.3, 0.4) is 0 Å². The summed E-state index contributed by atoms with van der Waals surface area (Å²) < 4.78 is 10.8. The topological polar surface area (TPSA) is 88.2 Å². The van der Waals surface area contributed by atoms with Crippen molar-refractivity contribution in [2.24, 2.45) is 0 Å². The molecule has 2 aromatic rings. The van der Waals surface area contributed by atoms with Crippen LogP contribution in [0, 0.1) is 6.92 Å². The van der Waals surface area contributed by atoms with Gasteiger partial charge in [-0.2, -0.15) is 0 Å². The number of hydrogen-bond acceptors (Lipinski definition) is 4. The van der Waals surface area contributed by atoms with Crippen LogP contribution in [0.1, 0.15) is 5.56 Å². The summed E-state index contributed by atoms with van der Waals surface area (Å²) in [6, 6.07) is 3.33. The number of carbonyl (C=O) groups excluding carboxylic acids is 1. The van der Waals surface area contributed by atoms with E-state index in [0.29, 0.717) is 16.5 Å². The Morgan fingerprint density at radius 3 is 2.90 bits per heavy atom. The Morgan fingerprint density at radius 1 is 1.55 bits per heavy atom. The Morgan fingerprint density at radius 2 is 2.30 bits per heavy atom. The number of carbonyl (C=O) groups is 1. The van der Waals surface area contributed by atoms with Gasteiger partial charge in [0, 0.05) is 11.1 Å². The summed E-state index contributed by atoms with van der Waals surface area (Å²) in [5.74, 6) is 0.117. The maximum Gasteiger partial charge on any atom is 0.426 e. The SMILES string of the molecule is COc1cc(Cl)c(C)cc1NC(=O)C[n+]1cc(=O)o[nH]1. The fraction of sp³-hybridized carbons (Fsp3) is 0.250. The van der Waals surface area contributed by atoms with E-state index in [1.165, 1.54) is 11.8 Å². The number of benzene rings is 1. The third kappa shape index (κ3) is 3.18. The number of nitrogens with one attached hydrogen (secondary N) is 2. The molecule has 1 heterocycles. The van der Waals surface area contributed by atoms with Gasteiger partial charge in [-0.05, 0) is 23.8 Å². The van der Waals surface area contributed by atoms with Crippen LogP contribution in [-0.4, -0.2) is 18.3 Å². The molecule has 1 amide bonds. The van der Waals surface area contributed by atoms with E-state index >= 15 is 0 Å². The van der Waals surface area contributed by atoms with Gasteiger partial charge >= 0.3 is 5.63 Å². The van der Waals surface area contributed by atoms with E-state index in [0.717, 1.165) is 11.8 Å². The van der Waals surface area contributed by atoms with E-state index in [1.807, 2.05) is 6.92 Å². The Balaban J connectivity index is 2.15. The summed E-state index contributed by atoms with van der Waals surface area (Å²) in [6.07, 6.45) is 1.14. The second-order valence-electron chi connectivity index (χ2n) is 4.12. The number of aromatic amines is 1. The first-order chi connectivity index (χ1) is 9.49. The summed E-state index contributed by atoms with van der Waals surface area (Å²) in [4.78, 5) is 22.7. The van der Waals surface area contributed by atoms with E-state index in [1.54, 1.807) is 12.1 Å². The Kier molecular flexibility index (Phi) is 4.09. The van der Waals surface area contributed by atoms with Gasteiger partial charge in [0.1, 0.15) is 5.75 Å². The van der Waals surface area contributed by atoms with Crippen molar-refractivity contribution in [3.05, 3.63) is 39.3 Å². The number of aryl methyl sites for hydroxylation is 1. The highest BCUT2D eigenvalue weighted by atomic mass is 35.5. The van der Waals surface area contributed by atoms with Gasteiger partial charge in [0.25, 0.3) is 18.6 Å². The molecule has 0 atom stereocenters. The van der Waals surface area contributed by atoms with Crippen LogP contribution < -0.4 is 20.4 Å². The molecule has 106 valence electrons. The standard InChI is InChI=1S/C12H12ClN3O4/c1-7-3-9(10(19-2)4-8(7)13)14-11(17)5-16-6-12(18)20-15-16/h3-4,6H,5H2,1-2H3,(H-,14,15,17,18)/p+1. The van der Waals surface area contributed by atoms with E-state index in [2.05, 4.69) is 15.1 Å². The molecular formula is C12H13ClN3O4+. The molecule has 0 bridgehead atoms. The Bertz CT molecular complexity index is 692. The van der Waals surface area contributed by atoms with Gasteiger partial charge in [-0.25, -0.2) is 4.79 Å². The molecule has 0 spiro atoms. The van der Waals surface area contributed by atoms with E-state index in [-0.39, 0.29) is 12.5 Å². The van der Waals surface area contributed by atoms with Gasteiger partial charge in [-0.15, -0.1) is 0 Å². The molecule has 0 saturated heterocycles. The molecule has 0 radical (unpaired) electrons. The first-order valence-electron chi connectivity index (χ1n) is 5.71. The molecule has 0 fully saturated rings. The van der Waals surface area contributed by atoms with Gasteiger partial charge in [-0.1, -0.05) is 16.3 Å². The minimum Gasteiger partial charge on any atom is -0.495 e. The summed E-state index contributed by atoms with van der Waals surface area (Å²) in [6.45, 7) is 1.73. The molecule has 20 heavy (non-hydrogen) atoms. The number of rotatable bonds is 4. The van der Waals surface area contributed by atoms with E-state index in [4.69, 9.17) is 16.3 Å². The summed E-state index contributed by atoms with van der Waals surface area (Å²) in [7, 11) is 1.49. The normalized spacial score (nSPS) is 10.3. The second kappa shape index (κ2) is 5.79. The van der Waals surface area contributed by atoms with Crippen LogP contribution in [0.2, 0.25) is 5.02 Å². The Labute approximate surface area is 119 Å². The number of ether oxygens (including phenoxy) is 1. The van der Waals surface area contributed by atoms with Crippen LogP contribution in [0.25, 0.3) is 0 Å². The van der Waals surface area contributed by atoms with Crippen molar-refractivity contribution >= 4 is 23.2 Å². The van der Waals surface area contributed by atoms with Crippen molar-refractivity contribution in [3.63, 3.8) is 0 Å². The minimum absolute atomic E-state index is 0.0867. The first-order valence-corrected chi connectivity index (χ1v) is 6.09. The average molecular weight is 299 g/mol. The molecule has 0 unspecified atom stereocenters. The van der Waals surface area contributed by atoms with Crippen molar-refractivity contribution in [1.29, 1.82) is 0 Å². The van der Waals surface area contributed by atoms with Crippen LogP contribution >= 0.6 is 11.6 Å². The lowest BCUT2D eigenvalue weighted by Crippen LogP contribution is -2.41. The van der Waals surface area contributed by atoms with E-state index < -0.39 is 5.63 Å². The van der Waals surface area contributed by atoms with Crippen molar-refractivity contribution in [2.75, 3.05) is 12.4 Å². The molecule has 2 rings (SSSR count). The molecule has 0 aliphatic heterocycles. The zero-order chi connectivity index (χ0) is 14.7. The van der Waals surface area contributed by atoms with Gasteiger partial charge < -0.3 is 10.1 Å². The van der Waals surface area contributed by atoms with Crippen LogP contribution in [0.5, 0.6) is 5.75 Å². The number of anilines is 1. The maximum atomic E-state index is 11.9. The lowest BCUT2D eigenvalue weighted by Gasteiger charge is -2.11. The number of nitrogens with zero attached hydrogens (tertiary/aromatic N) is 1. The number of methoxy groups -OCH3 is 1. The van der Waals surface area contributed by atoms with Crippen molar-refractivity contribution < 1.29 is 18.7 Å². The number of amides is 1. The summed E-state index contributed by atoms with van der Waals surface area (Å²) in [5, 5.41) is 5.52. The molecule has 0 aliphatic carbocycles. The van der Waals surface area contributed by atoms with Crippen molar-refractivity contribution in [2.45, 2.75) is 13.5 Å². The minimum atomic E-state index is -0.558. The lowest BCUT2D eigenvalue weighted by molar-refractivity contribution is -0.750. The smallest absolute Gasteiger partial charge is 0.426 e. The van der Waals surface area contributed by atoms with Gasteiger partial charge in [0.15, 0.2) is 0 Å². The van der Waals surface area contributed by atoms with Crippen molar-refractivity contribution in [3.8, 4) is 5.75 Å². The van der Waals surface area contributed by atoms with E-state index in [9.17, 15) is 9.59 Å². The molecule has 7 nitrogen and oxygen atoms in total. The fourth-order valence-corrected chi connectivity index (χ4v) is 1.79. The number of hydrogen-bond donors (Lipinski definition) is 2. The van der Waals surface area contributed by atoms with Crippen molar-refractivity contribution in [1.82, 2.24) is 5.27 Å². The molecular weight excluding hydrogens is 286 g/mol. The lowest BCUT2D eigenvalue weighted by atomic mass is 10.2.